The monoisotopic (exact) mass is 593 g/mol. The van der Waals surface area contributed by atoms with Crippen molar-refractivity contribution in [3.05, 3.63) is 71.5 Å². The fraction of sp³-hybridized carbons (Fsp3) is 0.471. The summed E-state index contributed by atoms with van der Waals surface area (Å²) < 4.78 is 23.7. The summed E-state index contributed by atoms with van der Waals surface area (Å²) in [7, 11) is 1.53. The largest absolute Gasteiger partial charge is 0.504 e. The number of esters is 1. The summed E-state index contributed by atoms with van der Waals surface area (Å²) in [6.45, 7) is 3.85. The Balaban J connectivity index is 1.58. The molecule has 0 radical (unpaired) electrons. The molecule has 1 fully saturated rings. The summed E-state index contributed by atoms with van der Waals surface area (Å²) in [6, 6.07) is 12.3. The molecule has 2 aromatic carbocycles. The summed E-state index contributed by atoms with van der Waals surface area (Å²) in [5.41, 5.74) is 2.63. The third-order valence-corrected chi connectivity index (χ3v) is 7.91. The molecule has 1 aliphatic heterocycles. The van der Waals surface area contributed by atoms with Gasteiger partial charge in [-0.3, -0.25) is 9.78 Å². The van der Waals surface area contributed by atoms with Crippen molar-refractivity contribution in [1.82, 2.24) is 4.98 Å². The van der Waals surface area contributed by atoms with Crippen LogP contribution in [0.2, 0.25) is 0 Å². The van der Waals surface area contributed by atoms with E-state index < -0.39 is 6.10 Å². The minimum absolute atomic E-state index is 0.0864. The minimum atomic E-state index is -0.502. The van der Waals surface area contributed by atoms with Crippen LogP contribution >= 0.6 is 0 Å². The van der Waals surface area contributed by atoms with E-state index in [4.69, 9.17) is 18.9 Å². The molecule has 4 unspecified atom stereocenters. The van der Waals surface area contributed by atoms with E-state index in [1.807, 2.05) is 24.3 Å². The zero-order valence-electron chi connectivity index (χ0n) is 25.2. The quantitative estimate of drug-likeness (QED) is 0.110. The third kappa shape index (κ3) is 9.00. The summed E-state index contributed by atoms with van der Waals surface area (Å²) in [6.07, 6.45) is 8.65. The second-order valence-electron chi connectivity index (χ2n) is 11.2. The van der Waals surface area contributed by atoms with E-state index in [-0.39, 0.29) is 53.7 Å². The molecular formula is C34H43NO8. The topological polar surface area (TPSA) is 128 Å². The zero-order valence-corrected chi connectivity index (χ0v) is 25.2. The lowest BCUT2D eigenvalue weighted by Gasteiger charge is -2.39. The number of hydrogen-bond donors (Lipinski definition) is 3. The molecule has 4 rings (SSSR count). The van der Waals surface area contributed by atoms with Crippen molar-refractivity contribution in [3.8, 4) is 28.7 Å². The molecule has 9 nitrogen and oxygen atoms in total. The average Bonchev–Trinajstić information content (AvgIpc) is 2.99. The number of aromatic hydroxyl groups is 3. The van der Waals surface area contributed by atoms with Gasteiger partial charge in [-0.25, -0.2) is 0 Å². The molecule has 4 atom stereocenters. The Kier molecular flexibility index (Phi) is 11.5. The summed E-state index contributed by atoms with van der Waals surface area (Å²) >= 11 is 0. The number of carbonyl (C=O) groups excluding carboxylic acids is 1. The molecule has 1 aliphatic rings. The summed E-state index contributed by atoms with van der Waals surface area (Å²) in [5.74, 6) is -0.240. The standard InChI is InChI=1S/C34H43NO8/c1-4-5-6-9-25(15-24-10-11-28(37)32(16-24)40-3)30-19-27(42-22(2)36)20-31(43-30)26-17-29(38)34(39)33(18-26)41-14-12-23-8-7-13-35-21-23/h7-8,10-11,13,16-18,21,25,27,30-31,37-39H,4-6,9,12,14-15,19-20H2,1-3H3. The zero-order chi connectivity index (χ0) is 30.8. The van der Waals surface area contributed by atoms with Gasteiger partial charge in [0.2, 0.25) is 5.75 Å². The number of aromatic nitrogens is 1. The highest BCUT2D eigenvalue weighted by Crippen LogP contribution is 2.44. The number of carbonyl (C=O) groups is 1. The number of benzene rings is 2. The smallest absolute Gasteiger partial charge is 0.302 e. The lowest BCUT2D eigenvalue weighted by Crippen LogP contribution is -2.39. The third-order valence-electron chi connectivity index (χ3n) is 7.91. The number of unbranched alkanes of at least 4 members (excludes halogenated alkanes) is 2. The van der Waals surface area contributed by atoms with Crippen LogP contribution in [0.25, 0.3) is 0 Å². The SMILES string of the molecule is CCCCCC(Cc1ccc(O)c(OC)c1)C1CC(OC(C)=O)CC(c2cc(O)c(O)c(OCCc3cccnc3)c2)O1. The molecule has 1 saturated heterocycles. The Labute approximate surface area is 253 Å². The Bertz CT molecular complexity index is 1330. The lowest BCUT2D eigenvalue weighted by atomic mass is 9.83. The number of hydrogen-bond acceptors (Lipinski definition) is 9. The molecule has 3 N–H and O–H groups in total. The van der Waals surface area contributed by atoms with Gasteiger partial charge in [0.05, 0.1) is 25.9 Å². The van der Waals surface area contributed by atoms with Crippen LogP contribution in [-0.4, -0.2) is 52.2 Å². The second kappa shape index (κ2) is 15.5. The van der Waals surface area contributed by atoms with E-state index in [1.54, 1.807) is 24.5 Å². The van der Waals surface area contributed by atoms with Gasteiger partial charge >= 0.3 is 5.97 Å². The number of methoxy groups -OCH3 is 1. The number of pyridine rings is 1. The molecule has 3 aromatic rings. The van der Waals surface area contributed by atoms with E-state index in [2.05, 4.69) is 11.9 Å². The maximum absolute atomic E-state index is 12.0. The predicted octanol–water partition coefficient (Wildman–Crippen LogP) is 6.42. The maximum Gasteiger partial charge on any atom is 0.302 e. The van der Waals surface area contributed by atoms with Crippen LogP contribution in [0.1, 0.15) is 75.2 Å². The number of phenols is 3. The van der Waals surface area contributed by atoms with E-state index in [0.717, 1.165) is 36.8 Å². The van der Waals surface area contributed by atoms with Gasteiger partial charge in [-0.05, 0) is 65.8 Å². The van der Waals surface area contributed by atoms with Crippen LogP contribution < -0.4 is 9.47 Å². The van der Waals surface area contributed by atoms with Crippen molar-refractivity contribution >= 4 is 5.97 Å². The predicted molar refractivity (Wildman–Crippen MR) is 162 cm³/mol. The number of phenolic OH excluding ortho intramolecular Hbond substituents is 3. The number of rotatable bonds is 14. The van der Waals surface area contributed by atoms with Gasteiger partial charge in [0.25, 0.3) is 0 Å². The van der Waals surface area contributed by atoms with Gasteiger partial charge in [-0.15, -0.1) is 0 Å². The van der Waals surface area contributed by atoms with Gasteiger partial charge in [-0.1, -0.05) is 38.3 Å². The van der Waals surface area contributed by atoms with E-state index in [9.17, 15) is 20.1 Å². The van der Waals surface area contributed by atoms with Gasteiger partial charge in [-0.2, -0.15) is 0 Å². The van der Waals surface area contributed by atoms with E-state index in [0.29, 0.717) is 37.0 Å². The molecule has 232 valence electrons. The fourth-order valence-electron chi connectivity index (χ4n) is 5.73. The van der Waals surface area contributed by atoms with Crippen LogP contribution in [0, 0.1) is 5.92 Å². The molecule has 0 spiro atoms. The molecule has 43 heavy (non-hydrogen) atoms. The van der Waals surface area contributed by atoms with Gasteiger partial charge in [0.1, 0.15) is 6.10 Å². The first kappa shape index (κ1) is 31.9. The molecule has 0 aliphatic carbocycles. The van der Waals surface area contributed by atoms with Gasteiger partial charge in [0.15, 0.2) is 23.0 Å². The molecule has 2 heterocycles. The van der Waals surface area contributed by atoms with E-state index in [1.165, 1.54) is 20.1 Å². The Morgan fingerprint density at radius 3 is 2.60 bits per heavy atom. The minimum Gasteiger partial charge on any atom is -0.504 e. The van der Waals surface area contributed by atoms with Crippen LogP contribution in [0.4, 0.5) is 0 Å². The number of nitrogens with zero attached hydrogens (tertiary/aromatic N) is 1. The molecule has 0 amide bonds. The first-order valence-corrected chi connectivity index (χ1v) is 15.0. The molecule has 0 saturated carbocycles. The van der Waals surface area contributed by atoms with Crippen molar-refractivity contribution in [1.29, 1.82) is 0 Å². The first-order valence-electron chi connectivity index (χ1n) is 15.0. The molecule has 9 heteroatoms. The number of ether oxygens (including phenoxy) is 4. The summed E-state index contributed by atoms with van der Waals surface area (Å²) in [5, 5.41) is 31.3. The lowest BCUT2D eigenvalue weighted by molar-refractivity contribution is -0.165. The summed E-state index contributed by atoms with van der Waals surface area (Å²) in [4.78, 5) is 16.1. The van der Waals surface area contributed by atoms with Gasteiger partial charge < -0.3 is 34.3 Å². The Hall–Kier alpha value is -3.98. The van der Waals surface area contributed by atoms with Crippen molar-refractivity contribution in [3.63, 3.8) is 0 Å². The van der Waals surface area contributed by atoms with Crippen LogP contribution in [0.3, 0.4) is 0 Å². The van der Waals surface area contributed by atoms with Crippen LogP contribution in [0.5, 0.6) is 28.7 Å². The normalized spacial score (nSPS) is 19.0. The Morgan fingerprint density at radius 2 is 1.88 bits per heavy atom. The molecule has 1 aromatic heterocycles. The maximum atomic E-state index is 12.0. The first-order chi connectivity index (χ1) is 20.8. The van der Waals surface area contributed by atoms with E-state index >= 15 is 0 Å². The van der Waals surface area contributed by atoms with Crippen molar-refractivity contribution in [2.75, 3.05) is 13.7 Å². The fourth-order valence-corrected chi connectivity index (χ4v) is 5.73. The van der Waals surface area contributed by atoms with Crippen molar-refractivity contribution in [2.45, 2.75) is 83.5 Å². The highest BCUT2D eigenvalue weighted by Gasteiger charge is 2.37. The average molecular weight is 594 g/mol. The van der Waals surface area contributed by atoms with Crippen molar-refractivity contribution in [2.24, 2.45) is 5.92 Å². The highest BCUT2D eigenvalue weighted by molar-refractivity contribution is 5.66. The molecular weight excluding hydrogens is 550 g/mol. The van der Waals surface area contributed by atoms with Crippen molar-refractivity contribution < 1.29 is 39.1 Å². The highest BCUT2D eigenvalue weighted by atomic mass is 16.6. The van der Waals surface area contributed by atoms with Gasteiger partial charge in [0, 0.05) is 38.6 Å². The Morgan fingerprint density at radius 1 is 1.05 bits per heavy atom. The molecule has 0 bridgehead atoms. The van der Waals surface area contributed by atoms with Crippen LogP contribution in [0.15, 0.2) is 54.9 Å². The van der Waals surface area contributed by atoms with Crippen LogP contribution in [-0.2, 0) is 27.1 Å². The second-order valence-corrected chi connectivity index (χ2v) is 11.2.